The summed E-state index contributed by atoms with van der Waals surface area (Å²) in [6, 6.07) is 1.68. The second-order valence-corrected chi connectivity index (χ2v) is 20.2. The molecule has 2 heterocycles. The van der Waals surface area contributed by atoms with Gasteiger partial charge in [0.05, 0.1) is 36.1 Å². The number of ether oxygens (including phenoxy) is 4. The first-order valence-electron chi connectivity index (χ1n) is 21.3. The Bertz CT molecular complexity index is 1440. The SMILES string of the molecule is C=C(OC(C)(C)C)C(C)[C@@H]1[C@@H](C)[C@@H](CC[C@@H]2[C@@H](O)[C@H](O[C@H]3OC(CN)=CC[C@H]3C)[C@@H](NC(=O)COC(C)(C)C)C[C@H]2NC(=C)C2(C#N)CCNC2)CCC1(C)C. The number of amides is 1. The molecule has 1 saturated heterocycles. The van der Waals surface area contributed by atoms with E-state index in [9.17, 15) is 15.2 Å². The van der Waals surface area contributed by atoms with Crippen LogP contribution in [0.5, 0.6) is 0 Å². The van der Waals surface area contributed by atoms with Crippen molar-refractivity contribution in [3.8, 4) is 6.07 Å². The Morgan fingerprint density at radius 1 is 1.12 bits per heavy atom. The molecule has 2 aliphatic carbocycles. The molecule has 2 unspecified atom stereocenters. The maximum atomic E-state index is 13.5. The molecule has 2 saturated carbocycles. The molecule has 12 atom stereocenters. The summed E-state index contributed by atoms with van der Waals surface area (Å²) < 4.78 is 25.2. The molecular formula is C45H77N5O6. The Kier molecular flexibility index (Phi) is 15.2. The first-order valence-corrected chi connectivity index (χ1v) is 21.3. The van der Waals surface area contributed by atoms with Crippen molar-refractivity contribution in [2.24, 2.45) is 52.1 Å². The van der Waals surface area contributed by atoms with Crippen LogP contribution in [-0.2, 0) is 23.7 Å². The molecule has 4 aliphatic rings. The number of nitrogens with two attached hydrogens (primary N) is 1. The van der Waals surface area contributed by atoms with E-state index in [4.69, 9.17) is 24.7 Å². The van der Waals surface area contributed by atoms with Crippen LogP contribution in [0.15, 0.2) is 36.4 Å². The van der Waals surface area contributed by atoms with E-state index in [1.54, 1.807) is 0 Å². The molecule has 1 amide bonds. The Morgan fingerprint density at radius 2 is 1.82 bits per heavy atom. The monoisotopic (exact) mass is 784 g/mol. The molecule has 2 aliphatic heterocycles. The average Bonchev–Trinajstić information content (AvgIpc) is 3.60. The summed E-state index contributed by atoms with van der Waals surface area (Å²) >= 11 is 0. The second-order valence-electron chi connectivity index (χ2n) is 20.2. The summed E-state index contributed by atoms with van der Waals surface area (Å²) in [5.41, 5.74) is 5.16. The van der Waals surface area contributed by atoms with Crippen molar-refractivity contribution >= 4 is 5.91 Å². The standard InChI is InChI=1S/C45H77N5O6/c1-27-14-16-33(23-46)54-41(27)55-40-36(50-37(51)24-53-42(6,7)8)22-35(49-31(5)45(25-47)20-21-48-26-45)34(39(40)52)17-15-32-18-19-44(12,13)38(29(32)3)28(2)30(4)56-43(9,10)11/h16,27-29,32,34-36,38-41,48-49,52H,4-5,14-15,17-24,26,46H2,1-3,6-13H3,(H,50,51)/t27-,28?,29+,32+,34+,35-,36+,38-,39-,40-,41-,45?/m1/s1. The van der Waals surface area contributed by atoms with E-state index in [-0.39, 0.29) is 53.9 Å². The summed E-state index contributed by atoms with van der Waals surface area (Å²) in [5, 5.41) is 33.2. The first-order chi connectivity index (χ1) is 26.0. The Balaban J connectivity index is 1.65. The number of rotatable bonds is 15. The molecule has 0 radical (unpaired) electrons. The van der Waals surface area contributed by atoms with Gasteiger partial charge in [0.1, 0.15) is 29.5 Å². The Hall–Kier alpha value is -2.62. The lowest BCUT2D eigenvalue weighted by Crippen LogP contribution is -2.64. The van der Waals surface area contributed by atoms with Crippen LogP contribution in [0.25, 0.3) is 0 Å². The molecule has 3 fully saturated rings. The van der Waals surface area contributed by atoms with Gasteiger partial charge in [0.25, 0.3) is 0 Å². The number of hydrogen-bond acceptors (Lipinski definition) is 10. The van der Waals surface area contributed by atoms with Gasteiger partial charge in [-0.05, 0) is 122 Å². The van der Waals surface area contributed by atoms with E-state index in [0.717, 1.165) is 44.4 Å². The molecule has 6 N–H and O–H groups in total. The minimum Gasteiger partial charge on any atom is -0.493 e. The molecule has 56 heavy (non-hydrogen) atoms. The normalized spacial score (nSPS) is 35.3. The molecular weight excluding hydrogens is 707 g/mol. The minimum absolute atomic E-state index is 0.0138. The molecule has 0 spiro atoms. The van der Waals surface area contributed by atoms with Crippen LogP contribution >= 0.6 is 0 Å². The van der Waals surface area contributed by atoms with Crippen molar-refractivity contribution in [3.05, 3.63) is 36.4 Å². The van der Waals surface area contributed by atoms with Gasteiger partial charge < -0.3 is 45.7 Å². The van der Waals surface area contributed by atoms with Crippen LogP contribution in [0.4, 0.5) is 0 Å². The third kappa shape index (κ3) is 11.5. The number of allylic oxidation sites excluding steroid dienone is 2. The van der Waals surface area contributed by atoms with Gasteiger partial charge in [-0.15, -0.1) is 0 Å². The fraction of sp³-hybridized carbons (Fsp3) is 0.822. The predicted molar refractivity (Wildman–Crippen MR) is 222 cm³/mol. The van der Waals surface area contributed by atoms with Crippen LogP contribution in [-0.4, -0.2) is 79.0 Å². The lowest BCUT2D eigenvalue weighted by molar-refractivity contribution is -0.224. The third-order valence-corrected chi connectivity index (χ3v) is 13.2. The fourth-order valence-electron chi connectivity index (χ4n) is 9.98. The molecule has 318 valence electrons. The number of carbonyl (C=O) groups excluding carboxylic acids is 1. The minimum atomic E-state index is -0.962. The highest BCUT2D eigenvalue weighted by molar-refractivity contribution is 5.77. The summed E-state index contributed by atoms with van der Waals surface area (Å²) in [6.07, 6.45) is 5.29. The molecule has 11 nitrogen and oxygen atoms in total. The van der Waals surface area contributed by atoms with E-state index in [1.165, 1.54) is 0 Å². The number of hydrogen-bond donors (Lipinski definition) is 5. The van der Waals surface area contributed by atoms with Crippen molar-refractivity contribution in [2.75, 3.05) is 26.2 Å². The van der Waals surface area contributed by atoms with Crippen LogP contribution in [0.2, 0.25) is 0 Å². The molecule has 0 aromatic rings. The molecule has 0 aromatic carbocycles. The van der Waals surface area contributed by atoms with Crippen molar-refractivity contribution in [2.45, 2.75) is 163 Å². The number of nitriles is 1. The molecule has 4 rings (SSSR count). The molecule has 0 bridgehead atoms. The average molecular weight is 784 g/mol. The number of nitrogens with zero attached hydrogens (tertiary/aromatic N) is 1. The van der Waals surface area contributed by atoms with Crippen molar-refractivity contribution in [1.29, 1.82) is 5.26 Å². The topological polar surface area (TPSA) is 160 Å². The van der Waals surface area contributed by atoms with E-state index in [0.29, 0.717) is 48.6 Å². The highest BCUT2D eigenvalue weighted by Crippen LogP contribution is 2.53. The highest BCUT2D eigenvalue weighted by atomic mass is 16.7. The second kappa shape index (κ2) is 18.5. The molecule has 0 aromatic heterocycles. The van der Waals surface area contributed by atoms with Gasteiger partial charge in [0, 0.05) is 36.0 Å². The van der Waals surface area contributed by atoms with Gasteiger partial charge in [-0.1, -0.05) is 47.8 Å². The summed E-state index contributed by atoms with van der Waals surface area (Å²) in [5.74, 6) is 2.32. The number of aliphatic hydroxyl groups is 1. The Labute approximate surface area is 338 Å². The zero-order chi connectivity index (χ0) is 41.8. The van der Waals surface area contributed by atoms with Gasteiger partial charge in [-0.3, -0.25) is 4.79 Å². The largest absolute Gasteiger partial charge is 0.493 e. The highest BCUT2D eigenvalue weighted by Gasteiger charge is 2.50. The number of nitrogens with one attached hydrogen (secondary N) is 3. The zero-order valence-corrected chi connectivity index (χ0v) is 36.6. The fourth-order valence-corrected chi connectivity index (χ4v) is 9.98. The van der Waals surface area contributed by atoms with Crippen LogP contribution < -0.4 is 21.7 Å². The van der Waals surface area contributed by atoms with Crippen LogP contribution in [0.1, 0.15) is 121 Å². The van der Waals surface area contributed by atoms with E-state index < -0.39 is 35.6 Å². The lowest BCUT2D eigenvalue weighted by atomic mass is 9.55. The summed E-state index contributed by atoms with van der Waals surface area (Å²) in [4.78, 5) is 13.5. The molecule has 11 heteroatoms. The van der Waals surface area contributed by atoms with E-state index >= 15 is 0 Å². The predicted octanol–water partition coefficient (Wildman–Crippen LogP) is 6.69. The van der Waals surface area contributed by atoms with Crippen LogP contribution in [0, 0.1) is 57.7 Å². The van der Waals surface area contributed by atoms with Crippen molar-refractivity contribution < 1.29 is 28.8 Å². The van der Waals surface area contributed by atoms with Crippen LogP contribution in [0.3, 0.4) is 0 Å². The van der Waals surface area contributed by atoms with E-state index in [2.05, 4.69) is 90.6 Å². The Morgan fingerprint density at radius 3 is 2.41 bits per heavy atom. The van der Waals surface area contributed by atoms with Gasteiger partial charge in [0.15, 0.2) is 0 Å². The van der Waals surface area contributed by atoms with Gasteiger partial charge in [-0.2, -0.15) is 5.26 Å². The van der Waals surface area contributed by atoms with E-state index in [1.807, 2.05) is 26.8 Å². The number of aliphatic hydroxyl groups excluding tert-OH is 1. The lowest BCUT2D eigenvalue weighted by Gasteiger charge is -2.51. The smallest absolute Gasteiger partial charge is 0.246 e. The first kappa shape index (κ1) is 46.1. The zero-order valence-electron chi connectivity index (χ0n) is 36.6. The van der Waals surface area contributed by atoms with Crippen molar-refractivity contribution in [3.63, 3.8) is 0 Å². The van der Waals surface area contributed by atoms with Gasteiger partial charge >= 0.3 is 0 Å². The maximum absolute atomic E-state index is 13.5. The maximum Gasteiger partial charge on any atom is 0.246 e. The quantitative estimate of drug-likeness (QED) is 0.113. The van der Waals surface area contributed by atoms with Gasteiger partial charge in [0.2, 0.25) is 12.2 Å². The summed E-state index contributed by atoms with van der Waals surface area (Å²) in [6.45, 7) is 33.6. The summed E-state index contributed by atoms with van der Waals surface area (Å²) in [7, 11) is 0. The van der Waals surface area contributed by atoms with Gasteiger partial charge in [-0.25, -0.2) is 0 Å². The third-order valence-electron chi connectivity index (χ3n) is 13.2. The number of carbonyl (C=O) groups is 1. The van der Waals surface area contributed by atoms with Crippen molar-refractivity contribution in [1.82, 2.24) is 16.0 Å².